The molecule has 0 bridgehead atoms. The predicted molar refractivity (Wildman–Crippen MR) is 193 cm³/mol. The van der Waals surface area contributed by atoms with Crippen molar-refractivity contribution in [3.63, 3.8) is 0 Å². The van der Waals surface area contributed by atoms with Gasteiger partial charge in [0.15, 0.2) is 6.35 Å². The zero-order valence-corrected chi connectivity index (χ0v) is 30.4. The summed E-state index contributed by atoms with van der Waals surface area (Å²) in [4.78, 5) is 0. The van der Waals surface area contributed by atoms with Crippen LogP contribution in [0.5, 0.6) is 0 Å². The number of anilines is 1. The van der Waals surface area contributed by atoms with Crippen LogP contribution in [0.3, 0.4) is 0 Å². The van der Waals surface area contributed by atoms with Crippen LogP contribution in [0, 0.1) is 0 Å². The van der Waals surface area contributed by atoms with E-state index in [0.717, 1.165) is 5.56 Å². The fraction of sp³-hybridized carbons (Fsp3) is 0.152. The maximum absolute atomic E-state index is 6.40. The third-order valence-electron chi connectivity index (χ3n) is 6.67. The first-order valence-corrected chi connectivity index (χ1v) is 16.8. The molecule has 0 saturated carbocycles. The summed E-state index contributed by atoms with van der Waals surface area (Å²) in [5.41, 5.74) is 8.27. The average molecular weight is 784 g/mol. The number of amidine groups is 2. The van der Waals surface area contributed by atoms with E-state index in [-0.39, 0.29) is 44.4 Å². The number of ether oxygens (including phenoxy) is 1. The summed E-state index contributed by atoms with van der Waals surface area (Å²) in [6.45, 7) is 2.69. The van der Waals surface area contributed by atoms with Crippen LogP contribution in [0.4, 0.5) is 5.69 Å². The minimum Gasteiger partial charge on any atom is -1.00 e. The third kappa shape index (κ3) is 10.7. The van der Waals surface area contributed by atoms with Gasteiger partial charge in [0.25, 0.3) is 0 Å². The Morgan fingerprint density at radius 3 is 1.67 bits per heavy atom. The molecule has 0 heterocycles. The van der Waals surface area contributed by atoms with Gasteiger partial charge >= 0.3 is 17.1 Å². The number of benzene rings is 4. The van der Waals surface area contributed by atoms with Gasteiger partial charge in [-0.15, -0.1) is 5.10 Å². The van der Waals surface area contributed by atoms with Gasteiger partial charge in [-0.1, -0.05) is 66.7 Å². The molecule has 1 radical (unpaired) electrons. The van der Waals surface area contributed by atoms with E-state index < -0.39 is 7.26 Å². The van der Waals surface area contributed by atoms with E-state index in [0.29, 0.717) is 36.6 Å². The number of hydrogen-bond acceptors (Lipinski definition) is 8. The number of rotatable bonds is 12. The van der Waals surface area contributed by atoms with E-state index in [1.807, 2.05) is 30.3 Å². The third-order valence-corrected chi connectivity index (χ3v) is 11.3. The van der Waals surface area contributed by atoms with Crippen molar-refractivity contribution in [2.45, 2.75) is 6.92 Å². The molecule has 0 aliphatic carbocycles. The van der Waals surface area contributed by atoms with Gasteiger partial charge in [0.1, 0.15) is 28.9 Å². The van der Waals surface area contributed by atoms with Gasteiger partial charge in [0.2, 0.25) is 0 Å². The predicted octanol–water partition coefficient (Wildman–Crippen LogP) is 0.933. The van der Waals surface area contributed by atoms with Crippen molar-refractivity contribution in [3.8, 4) is 0 Å². The molecule has 13 heteroatoms. The van der Waals surface area contributed by atoms with Crippen LogP contribution in [-0.2, 0) is 47.1 Å². The van der Waals surface area contributed by atoms with Crippen molar-refractivity contribution in [2.75, 3.05) is 32.3 Å². The normalized spacial score (nSPS) is 12.5. The number of nitrogens with one attached hydrogen (secondary N) is 2. The second-order valence-electron chi connectivity index (χ2n) is 9.60. The minimum absolute atomic E-state index is 0. The van der Waals surface area contributed by atoms with Crippen molar-refractivity contribution in [1.82, 2.24) is 10.6 Å². The molecule has 0 atom stereocenters. The van der Waals surface area contributed by atoms with Crippen molar-refractivity contribution in [2.24, 2.45) is 20.4 Å². The van der Waals surface area contributed by atoms with Crippen molar-refractivity contribution in [3.05, 3.63) is 121 Å². The first-order valence-electron chi connectivity index (χ1n) is 14.0. The van der Waals surface area contributed by atoms with Crippen LogP contribution in [-0.4, -0.2) is 48.3 Å². The van der Waals surface area contributed by atoms with Crippen LogP contribution in [0.25, 0.3) is 0 Å². The second kappa shape index (κ2) is 20.1. The van der Waals surface area contributed by atoms with Crippen molar-refractivity contribution >= 4 is 75.9 Å². The first-order chi connectivity index (χ1) is 21.4. The van der Waals surface area contributed by atoms with E-state index in [2.05, 4.69) is 104 Å². The van der Waals surface area contributed by atoms with Crippen LogP contribution in [0.15, 0.2) is 136 Å². The molecule has 243 valence electrons. The Hall–Kier alpha value is -3.21. The molecule has 0 aliphatic heterocycles. The van der Waals surface area contributed by atoms with Crippen molar-refractivity contribution in [1.29, 1.82) is 0 Å². The molecule has 46 heavy (non-hydrogen) atoms. The Kier molecular flexibility index (Phi) is 17.0. The largest absolute Gasteiger partial charge is 2.00 e. The average Bonchev–Trinajstić information content (AvgIpc) is 3.07. The van der Waals surface area contributed by atoms with Gasteiger partial charge in [-0.25, -0.2) is 0 Å². The molecule has 0 saturated heterocycles. The molecule has 4 N–H and O–H groups in total. The van der Waals surface area contributed by atoms with E-state index in [4.69, 9.17) is 35.7 Å². The Balaban J connectivity index is 0.00000368. The quantitative estimate of drug-likeness (QED) is 0.0289. The molecule has 8 nitrogen and oxygen atoms in total. The summed E-state index contributed by atoms with van der Waals surface area (Å²) in [7, 11) is -0.393. The first kappa shape index (κ1) is 39.0. The van der Waals surface area contributed by atoms with Gasteiger partial charge < -0.3 is 63.3 Å². The minimum atomic E-state index is -2.07. The molecule has 4 aromatic rings. The number of nitrogens with zero attached hydrogens (tertiary/aromatic N) is 4. The Morgan fingerprint density at radius 2 is 1.20 bits per heavy atom. The molecule has 4 aromatic carbocycles. The van der Waals surface area contributed by atoms with Gasteiger partial charge in [0.05, 0.1) is 12.3 Å². The number of hydrogen-bond donors (Lipinski definition) is 3. The summed E-state index contributed by atoms with van der Waals surface area (Å²) in [6.07, 6.45) is 0.549. The van der Waals surface area contributed by atoms with E-state index in [9.17, 15) is 0 Å². The monoisotopic (exact) mass is 782 g/mol. The maximum atomic E-state index is 6.40. The van der Waals surface area contributed by atoms with Crippen LogP contribution >= 0.6 is 7.26 Å². The number of nitrogens with two attached hydrogens (primary N) is 1. The van der Waals surface area contributed by atoms with E-state index >= 15 is 0 Å². The summed E-state index contributed by atoms with van der Waals surface area (Å²) in [5.74, 6) is 0. The van der Waals surface area contributed by atoms with Crippen LogP contribution in [0.1, 0.15) is 12.5 Å². The second-order valence-corrected chi connectivity index (χ2v) is 13.8. The van der Waals surface area contributed by atoms with E-state index in [1.54, 1.807) is 26.1 Å². The van der Waals surface area contributed by atoms with Crippen LogP contribution in [0.2, 0.25) is 0 Å². The van der Waals surface area contributed by atoms with Gasteiger partial charge in [-0.3, -0.25) is 0 Å². The number of nitrogen functional groups attached to an aromatic ring is 1. The Labute approximate surface area is 303 Å². The van der Waals surface area contributed by atoms with E-state index in [1.165, 1.54) is 15.9 Å². The van der Waals surface area contributed by atoms with Gasteiger partial charge in [0, 0.05) is 24.8 Å². The fourth-order valence-corrected chi connectivity index (χ4v) is 8.45. The molecule has 0 fully saturated rings. The fourth-order valence-electron chi connectivity index (χ4n) is 4.48. The standard InChI is InChI=1S/C33H36N7OPS2.BrH.Cu/c1-25(31(38-39-32(43)35-2)26-18-20-27(34)21-19-26)37-40-33(44)36-22-23-41-24-42(28-12-6-3-7-13-28,29-14-8-4-9-15-29)30-16-10-5-11-17-30;;/h3-21H,22-24H2,1-2H3,(H5-,34,35,36,37,38,39,40,43,44);1H;/q;;+2/p-2. The summed E-state index contributed by atoms with van der Waals surface area (Å²) in [6, 6.07) is 39.1. The van der Waals surface area contributed by atoms with Crippen molar-refractivity contribution < 1.29 is 38.8 Å². The van der Waals surface area contributed by atoms with Gasteiger partial charge in [-0.05, 0) is 65.8 Å². The van der Waals surface area contributed by atoms with Crippen LogP contribution < -0.4 is 49.3 Å². The SMILES string of the molecule is CNC([S-])=NN=C(C(C)=NN=C([S-])NCCOC[P+](c1ccccc1)(c1ccccc1)c1ccccc1)c1ccc(N)cc1.[Br-].[Cu+2]. The molecule has 0 spiro atoms. The molecule has 0 amide bonds. The molecular weight excluding hydrogens is 749 g/mol. The molecule has 4 rings (SSSR count). The molecule has 0 aliphatic rings. The zero-order chi connectivity index (χ0) is 31.2. The molecule has 0 unspecified atom stereocenters. The summed E-state index contributed by atoms with van der Waals surface area (Å²) in [5, 5.41) is 27.0. The maximum Gasteiger partial charge on any atom is 2.00 e. The summed E-state index contributed by atoms with van der Waals surface area (Å²) < 4.78 is 6.40. The zero-order valence-electron chi connectivity index (χ0n) is 25.3. The summed E-state index contributed by atoms with van der Waals surface area (Å²) >= 11 is 10.5. The Morgan fingerprint density at radius 1 is 0.717 bits per heavy atom. The number of halogens is 1. The Bertz CT molecular complexity index is 1520. The molecule has 0 aromatic heterocycles. The smallest absolute Gasteiger partial charge is 1.00 e. The van der Waals surface area contributed by atoms with Gasteiger partial charge in [-0.2, -0.15) is 15.3 Å². The molecular formula is C33H35BrCuN7OPS2. The topological polar surface area (TPSA) is 109 Å².